The summed E-state index contributed by atoms with van der Waals surface area (Å²) in [4.78, 5) is 0. The largest absolute Gasteiger partial charge is 0.168 e. The number of fused-ring (bicyclic) bond motifs is 1. The number of hydrogen-bond donors (Lipinski definition) is 0. The van der Waals surface area contributed by atoms with Gasteiger partial charge in [-0.1, -0.05) is 18.6 Å². The minimum atomic E-state index is 0. The van der Waals surface area contributed by atoms with Crippen molar-refractivity contribution in [2.75, 3.05) is 0 Å². The van der Waals surface area contributed by atoms with Crippen molar-refractivity contribution in [3.63, 3.8) is 0 Å². The van der Waals surface area contributed by atoms with Gasteiger partial charge in [-0.2, -0.15) is 12.1 Å². The first-order valence-electron chi connectivity index (χ1n) is 3.90. The summed E-state index contributed by atoms with van der Waals surface area (Å²) in [6, 6.07) is 10.9. The molecule has 0 bridgehead atoms. The fourth-order valence-corrected chi connectivity index (χ4v) is 1.46. The molecule has 0 aliphatic heterocycles. The third kappa shape index (κ3) is 3.15. The molecule has 2 rings (SSSR count). The Labute approximate surface area is 116 Å². The van der Waals surface area contributed by atoms with Gasteiger partial charge >= 0.3 is 0 Å². The second kappa shape index (κ2) is 6.72. The molecule has 2 aromatic rings. The molecule has 76 valence electrons. The average molecular weight is 307 g/mol. The summed E-state index contributed by atoms with van der Waals surface area (Å²) >= 11 is 0. The van der Waals surface area contributed by atoms with Crippen LogP contribution in [0.1, 0.15) is 11.1 Å². The summed E-state index contributed by atoms with van der Waals surface area (Å²) < 4.78 is 0. The van der Waals surface area contributed by atoms with Crippen LogP contribution in [0.25, 0.3) is 10.8 Å². The molecule has 2 aromatic carbocycles. The summed E-state index contributed by atoms with van der Waals surface area (Å²) in [6.07, 6.45) is 0. The van der Waals surface area contributed by atoms with Crippen LogP contribution < -0.4 is 0 Å². The number of hydrogen-bond acceptors (Lipinski definition) is 0. The van der Waals surface area contributed by atoms with Gasteiger partial charge in [-0.15, -0.1) is 53.3 Å². The van der Waals surface area contributed by atoms with Crippen LogP contribution in [-0.2, 0) is 26.2 Å². The third-order valence-electron chi connectivity index (χ3n) is 2.15. The molecule has 0 atom stereocenters. The second-order valence-corrected chi connectivity index (χ2v) is 3.11. The standard InChI is InChI=1S/C11H11.2ClH.Zr/c1-8-3-5-10-6-4-9(2)11(10)7-8;;;/h3-7H,1-2H3;2*1H;/q-1;;;. The minimum Gasteiger partial charge on any atom is -0.168 e. The van der Waals surface area contributed by atoms with Crippen LogP contribution in [0.15, 0.2) is 30.3 Å². The summed E-state index contributed by atoms with van der Waals surface area (Å²) in [5.41, 5.74) is 2.72. The van der Waals surface area contributed by atoms with Crippen LogP contribution in [-0.4, -0.2) is 0 Å². The zero-order valence-electron chi connectivity index (χ0n) is 8.20. The van der Waals surface area contributed by atoms with Crippen LogP contribution in [0.5, 0.6) is 0 Å². The summed E-state index contributed by atoms with van der Waals surface area (Å²) in [5.74, 6) is 0. The smallest absolute Gasteiger partial charge is 0 e. The third-order valence-corrected chi connectivity index (χ3v) is 2.15. The Bertz CT molecular complexity index is 393. The van der Waals surface area contributed by atoms with Gasteiger partial charge in [-0.3, -0.25) is 0 Å². The fourth-order valence-electron chi connectivity index (χ4n) is 1.46. The van der Waals surface area contributed by atoms with E-state index in [1.807, 2.05) is 0 Å². The predicted octanol–water partition coefficient (Wildman–Crippen LogP) is 4.02. The zero-order chi connectivity index (χ0) is 7.84. The van der Waals surface area contributed by atoms with E-state index in [9.17, 15) is 0 Å². The Hall–Kier alpha value is 0.293. The summed E-state index contributed by atoms with van der Waals surface area (Å²) in [7, 11) is 0. The van der Waals surface area contributed by atoms with Crippen LogP contribution in [0.3, 0.4) is 0 Å². The maximum absolute atomic E-state index is 2.24. The molecule has 0 aromatic heterocycles. The number of halogens is 2. The van der Waals surface area contributed by atoms with Crippen molar-refractivity contribution in [1.29, 1.82) is 0 Å². The summed E-state index contributed by atoms with van der Waals surface area (Å²) in [5, 5.41) is 2.75. The molecule has 0 unspecified atom stereocenters. The molecule has 0 spiro atoms. The molecule has 0 aliphatic rings. The van der Waals surface area contributed by atoms with E-state index >= 15 is 0 Å². The van der Waals surface area contributed by atoms with Crippen LogP contribution in [0, 0.1) is 13.8 Å². The predicted molar refractivity (Wildman–Crippen MR) is 63.5 cm³/mol. The Balaban J connectivity index is 0. The van der Waals surface area contributed by atoms with E-state index in [1.165, 1.54) is 21.9 Å². The normalized spacial score (nSPS) is 8.43. The van der Waals surface area contributed by atoms with Crippen LogP contribution >= 0.6 is 24.8 Å². The molecule has 0 nitrogen and oxygen atoms in total. The molecule has 0 radical (unpaired) electrons. The Morgan fingerprint density at radius 1 is 1.07 bits per heavy atom. The van der Waals surface area contributed by atoms with Gasteiger partial charge in [0.15, 0.2) is 0 Å². The van der Waals surface area contributed by atoms with Crippen LogP contribution in [0.4, 0.5) is 0 Å². The molecular formula is C11H13Cl2Zr-. The molecular weight excluding hydrogens is 294 g/mol. The zero-order valence-corrected chi connectivity index (χ0v) is 12.3. The average Bonchev–Trinajstić information content (AvgIpc) is 2.33. The van der Waals surface area contributed by atoms with Crippen molar-refractivity contribution in [2.24, 2.45) is 0 Å². The first-order chi connectivity index (χ1) is 5.27. The fraction of sp³-hybridized carbons (Fsp3) is 0.182. The quantitative estimate of drug-likeness (QED) is 0.645. The SMILES string of the molecule is Cc1ccc2cc[c-](C)c2c1.Cl.Cl.[Zr]. The van der Waals surface area contributed by atoms with Gasteiger partial charge in [0.05, 0.1) is 0 Å². The van der Waals surface area contributed by atoms with E-state index in [2.05, 4.69) is 44.2 Å². The Morgan fingerprint density at radius 3 is 2.36 bits per heavy atom. The number of benzene rings is 1. The molecule has 14 heavy (non-hydrogen) atoms. The second-order valence-electron chi connectivity index (χ2n) is 3.11. The van der Waals surface area contributed by atoms with Crippen molar-refractivity contribution in [1.82, 2.24) is 0 Å². The Kier molecular flexibility index (Phi) is 8.02. The maximum atomic E-state index is 2.24. The molecule has 0 fully saturated rings. The molecule has 0 N–H and O–H groups in total. The first-order valence-corrected chi connectivity index (χ1v) is 3.90. The van der Waals surface area contributed by atoms with Gasteiger partial charge in [0.1, 0.15) is 0 Å². The molecule has 0 saturated heterocycles. The molecule has 3 heteroatoms. The number of aryl methyl sites for hydroxylation is 2. The molecule has 0 heterocycles. The van der Waals surface area contributed by atoms with Gasteiger partial charge in [-0.25, -0.2) is 0 Å². The van der Waals surface area contributed by atoms with Gasteiger partial charge in [0, 0.05) is 26.2 Å². The van der Waals surface area contributed by atoms with E-state index in [1.54, 1.807) is 0 Å². The van der Waals surface area contributed by atoms with Crippen molar-refractivity contribution in [2.45, 2.75) is 13.8 Å². The van der Waals surface area contributed by atoms with Crippen LogP contribution in [0.2, 0.25) is 0 Å². The maximum Gasteiger partial charge on any atom is 0 e. The van der Waals surface area contributed by atoms with Gasteiger partial charge in [0.25, 0.3) is 0 Å². The monoisotopic (exact) mass is 305 g/mol. The van der Waals surface area contributed by atoms with E-state index in [-0.39, 0.29) is 51.0 Å². The number of rotatable bonds is 0. The van der Waals surface area contributed by atoms with Gasteiger partial charge in [-0.05, 0) is 6.92 Å². The summed E-state index contributed by atoms with van der Waals surface area (Å²) in [6.45, 7) is 4.29. The van der Waals surface area contributed by atoms with E-state index in [4.69, 9.17) is 0 Å². The van der Waals surface area contributed by atoms with Crippen molar-refractivity contribution >= 4 is 35.6 Å². The van der Waals surface area contributed by atoms with Gasteiger partial charge < -0.3 is 0 Å². The van der Waals surface area contributed by atoms with E-state index in [0.717, 1.165) is 0 Å². The molecule has 0 aliphatic carbocycles. The Morgan fingerprint density at radius 2 is 1.71 bits per heavy atom. The van der Waals surface area contributed by atoms with Crippen molar-refractivity contribution in [3.8, 4) is 0 Å². The van der Waals surface area contributed by atoms with E-state index in [0.29, 0.717) is 0 Å². The topological polar surface area (TPSA) is 0 Å². The van der Waals surface area contributed by atoms with Crippen molar-refractivity contribution < 1.29 is 26.2 Å². The van der Waals surface area contributed by atoms with E-state index < -0.39 is 0 Å². The minimum absolute atomic E-state index is 0. The van der Waals surface area contributed by atoms with Crippen molar-refractivity contribution in [3.05, 3.63) is 41.5 Å². The first kappa shape index (κ1) is 16.7. The molecule has 0 saturated carbocycles. The molecule has 0 amide bonds. The van der Waals surface area contributed by atoms with Gasteiger partial charge in [0.2, 0.25) is 0 Å².